The van der Waals surface area contributed by atoms with Crippen LogP contribution in [0.1, 0.15) is 57.9 Å². The summed E-state index contributed by atoms with van der Waals surface area (Å²) >= 11 is 0. The highest BCUT2D eigenvalue weighted by atomic mass is 19.1. The van der Waals surface area contributed by atoms with Gasteiger partial charge in [0.25, 0.3) is 5.91 Å². The van der Waals surface area contributed by atoms with Gasteiger partial charge in [-0.25, -0.2) is 13.6 Å². The van der Waals surface area contributed by atoms with Crippen LogP contribution in [0.2, 0.25) is 0 Å². The molecule has 1 aromatic carbocycles. The van der Waals surface area contributed by atoms with Gasteiger partial charge in [-0.1, -0.05) is 0 Å². The van der Waals surface area contributed by atoms with Crippen LogP contribution in [0, 0.1) is 11.6 Å². The first-order chi connectivity index (χ1) is 14.0. The smallest absolute Gasteiger partial charge is 0.410 e. The van der Waals surface area contributed by atoms with Crippen LogP contribution in [0.15, 0.2) is 12.1 Å². The lowest BCUT2D eigenvalue weighted by Crippen LogP contribution is -2.46. The summed E-state index contributed by atoms with van der Waals surface area (Å²) in [5.74, 6) is -3.01. The zero-order chi connectivity index (χ0) is 22.1. The Morgan fingerprint density at radius 3 is 2.23 bits per heavy atom. The Balaban J connectivity index is 1.64. The monoisotopic (exact) mass is 424 g/mol. The van der Waals surface area contributed by atoms with Crippen LogP contribution >= 0.6 is 0 Å². The number of hydrogen-bond acceptors (Lipinski definition) is 5. The Hall–Kier alpha value is -2.71. The molecular formula is C21H26F2N2O5. The first-order valence-electron chi connectivity index (χ1n) is 10.0. The summed E-state index contributed by atoms with van der Waals surface area (Å²) in [6.07, 6.45) is -0.339. The average molecular weight is 424 g/mol. The van der Waals surface area contributed by atoms with Gasteiger partial charge in [0.2, 0.25) is 5.91 Å². The molecule has 0 aliphatic carbocycles. The first-order valence-corrected chi connectivity index (χ1v) is 10.0. The molecule has 9 heteroatoms. The van der Waals surface area contributed by atoms with Crippen molar-refractivity contribution in [3.63, 3.8) is 0 Å². The minimum atomic E-state index is -0.968. The molecule has 1 atom stereocenters. The SMILES string of the molecule is CC(C)(C)OC(=O)N1CCC(c2c(F)cc(OC3CCC(=O)NC3=O)cc2F)CC1. The van der Waals surface area contributed by atoms with Gasteiger partial charge in [-0.3, -0.25) is 14.9 Å². The van der Waals surface area contributed by atoms with E-state index in [9.17, 15) is 23.2 Å². The third-order valence-electron chi connectivity index (χ3n) is 5.07. The fourth-order valence-electron chi connectivity index (χ4n) is 3.65. The van der Waals surface area contributed by atoms with Crippen LogP contribution in [0.3, 0.4) is 0 Å². The molecular weight excluding hydrogens is 398 g/mol. The number of piperidine rings is 2. The molecule has 1 N–H and O–H groups in total. The predicted octanol–water partition coefficient (Wildman–Crippen LogP) is 3.26. The van der Waals surface area contributed by atoms with Gasteiger partial charge in [-0.05, 0) is 39.5 Å². The van der Waals surface area contributed by atoms with Crippen molar-refractivity contribution in [3.05, 3.63) is 29.3 Å². The van der Waals surface area contributed by atoms with E-state index < -0.39 is 41.2 Å². The lowest BCUT2D eigenvalue weighted by molar-refractivity contribution is -0.138. The molecule has 2 saturated heterocycles. The second kappa shape index (κ2) is 8.57. The molecule has 2 fully saturated rings. The predicted molar refractivity (Wildman–Crippen MR) is 103 cm³/mol. The molecule has 0 saturated carbocycles. The molecule has 0 bridgehead atoms. The van der Waals surface area contributed by atoms with Crippen LogP contribution < -0.4 is 10.1 Å². The maximum absolute atomic E-state index is 14.7. The van der Waals surface area contributed by atoms with E-state index >= 15 is 0 Å². The van der Waals surface area contributed by atoms with Gasteiger partial charge in [-0.15, -0.1) is 0 Å². The quantitative estimate of drug-likeness (QED) is 0.753. The maximum atomic E-state index is 14.7. The fourth-order valence-corrected chi connectivity index (χ4v) is 3.65. The zero-order valence-electron chi connectivity index (χ0n) is 17.3. The van der Waals surface area contributed by atoms with Gasteiger partial charge in [0.05, 0.1) is 0 Å². The molecule has 1 unspecified atom stereocenters. The summed E-state index contributed by atoms with van der Waals surface area (Å²) in [5.41, 5.74) is -0.653. The highest BCUT2D eigenvalue weighted by Crippen LogP contribution is 2.34. The molecule has 2 aliphatic rings. The topological polar surface area (TPSA) is 84.9 Å². The van der Waals surface area contributed by atoms with Gasteiger partial charge in [0.15, 0.2) is 6.10 Å². The van der Waals surface area contributed by atoms with Crippen molar-refractivity contribution in [1.82, 2.24) is 10.2 Å². The van der Waals surface area contributed by atoms with E-state index in [1.54, 1.807) is 20.8 Å². The molecule has 0 spiro atoms. The third-order valence-corrected chi connectivity index (χ3v) is 5.07. The molecule has 3 rings (SSSR count). The molecule has 1 aromatic rings. The Kier molecular flexibility index (Phi) is 6.28. The number of amides is 3. The number of nitrogens with one attached hydrogen (secondary N) is 1. The minimum Gasteiger partial charge on any atom is -0.480 e. The van der Waals surface area contributed by atoms with Crippen molar-refractivity contribution < 1.29 is 32.6 Å². The summed E-state index contributed by atoms with van der Waals surface area (Å²) in [7, 11) is 0. The highest BCUT2D eigenvalue weighted by Gasteiger charge is 2.32. The van der Waals surface area contributed by atoms with Crippen LogP contribution in [-0.4, -0.2) is 47.6 Å². The summed E-state index contributed by atoms with van der Waals surface area (Å²) in [5, 5.41) is 2.14. The van der Waals surface area contributed by atoms with E-state index in [0.717, 1.165) is 12.1 Å². The molecule has 2 heterocycles. The fraction of sp³-hybridized carbons (Fsp3) is 0.571. The molecule has 164 valence electrons. The molecule has 30 heavy (non-hydrogen) atoms. The number of halogens is 2. The number of carbonyl (C=O) groups is 3. The van der Waals surface area contributed by atoms with Crippen molar-refractivity contribution in [2.45, 2.75) is 64.1 Å². The Bertz CT molecular complexity index is 821. The largest absolute Gasteiger partial charge is 0.480 e. The first kappa shape index (κ1) is 22.0. The van der Waals surface area contributed by atoms with Gasteiger partial charge < -0.3 is 14.4 Å². The summed E-state index contributed by atoms with van der Waals surface area (Å²) in [4.78, 5) is 36.7. The highest BCUT2D eigenvalue weighted by molar-refractivity contribution is 5.99. The van der Waals surface area contributed by atoms with Crippen molar-refractivity contribution in [2.24, 2.45) is 0 Å². The van der Waals surface area contributed by atoms with E-state index in [-0.39, 0.29) is 30.1 Å². The van der Waals surface area contributed by atoms with Crippen molar-refractivity contribution >= 4 is 17.9 Å². The summed E-state index contributed by atoms with van der Waals surface area (Å²) in [6, 6.07) is 2.12. The van der Waals surface area contributed by atoms with E-state index in [4.69, 9.17) is 9.47 Å². The van der Waals surface area contributed by atoms with Gasteiger partial charge in [0, 0.05) is 43.6 Å². The van der Waals surface area contributed by atoms with Crippen LogP contribution in [0.4, 0.5) is 13.6 Å². The Labute approximate surface area is 173 Å². The van der Waals surface area contributed by atoms with Crippen LogP contribution in [0.5, 0.6) is 5.75 Å². The van der Waals surface area contributed by atoms with Gasteiger partial charge >= 0.3 is 6.09 Å². The average Bonchev–Trinajstić information content (AvgIpc) is 2.63. The number of likely N-dealkylation sites (tertiary alicyclic amines) is 1. The summed E-state index contributed by atoms with van der Waals surface area (Å²) in [6.45, 7) is 6.02. The number of imide groups is 1. The minimum absolute atomic E-state index is 0.0468. The lowest BCUT2D eigenvalue weighted by Gasteiger charge is -2.33. The van der Waals surface area contributed by atoms with E-state index in [2.05, 4.69) is 5.32 Å². The van der Waals surface area contributed by atoms with E-state index in [1.165, 1.54) is 4.90 Å². The second-order valence-corrected chi connectivity index (χ2v) is 8.60. The number of carbonyl (C=O) groups excluding carboxylic acids is 3. The lowest BCUT2D eigenvalue weighted by atomic mass is 9.88. The zero-order valence-corrected chi connectivity index (χ0v) is 17.3. The molecule has 0 aromatic heterocycles. The molecule has 2 aliphatic heterocycles. The second-order valence-electron chi connectivity index (χ2n) is 8.60. The van der Waals surface area contributed by atoms with Crippen molar-refractivity contribution in [2.75, 3.05) is 13.1 Å². The molecule has 7 nitrogen and oxygen atoms in total. The number of benzene rings is 1. The van der Waals surface area contributed by atoms with Crippen LogP contribution in [0.25, 0.3) is 0 Å². The standard InChI is InChI=1S/C21H26F2N2O5/c1-21(2,3)30-20(28)25-8-6-12(7-9-25)18-14(22)10-13(11-15(18)23)29-16-4-5-17(26)24-19(16)27/h10-12,16H,4-9H2,1-3H3,(H,24,26,27). The van der Waals surface area contributed by atoms with Crippen LogP contribution in [-0.2, 0) is 14.3 Å². The molecule has 3 amide bonds. The number of rotatable bonds is 3. The Morgan fingerprint density at radius 1 is 1.10 bits per heavy atom. The van der Waals surface area contributed by atoms with Crippen molar-refractivity contribution in [1.29, 1.82) is 0 Å². The molecule has 0 radical (unpaired) electrons. The van der Waals surface area contributed by atoms with E-state index in [0.29, 0.717) is 25.9 Å². The van der Waals surface area contributed by atoms with Gasteiger partial charge in [-0.2, -0.15) is 0 Å². The van der Waals surface area contributed by atoms with Crippen molar-refractivity contribution in [3.8, 4) is 5.75 Å². The maximum Gasteiger partial charge on any atom is 0.410 e. The number of hydrogen-bond donors (Lipinski definition) is 1. The summed E-state index contributed by atoms with van der Waals surface area (Å²) < 4.78 is 40.2. The number of ether oxygens (including phenoxy) is 2. The van der Waals surface area contributed by atoms with Gasteiger partial charge in [0.1, 0.15) is 23.0 Å². The Morgan fingerprint density at radius 2 is 1.70 bits per heavy atom. The third kappa shape index (κ3) is 5.25. The normalized spacial score (nSPS) is 20.7. The number of nitrogens with zero attached hydrogens (tertiary/aromatic N) is 1. The van der Waals surface area contributed by atoms with E-state index in [1.807, 2.05) is 0 Å².